The Hall–Kier alpha value is -0.860. The molecule has 2 unspecified atom stereocenters. The van der Waals surface area contributed by atoms with Gasteiger partial charge in [0.1, 0.15) is 0 Å². The zero-order chi connectivity index (χ0) is 20.5. The van der Waals surface area contributed by atoms with Crippen molar-refractivity contribution in [3.8, 4) is 0 Å². The van der Waals surface area contributed by atoms with Crippen molar-refractivity contribution in [2.75, 3.05) is 6.54 Å². The van der Waals surface area contributed by atoms with E-state index in [1.54, 1.807) is 0 Å². The van der Waals surface area contributed by atoms with Gasteiger partial charge in [-0.2, -0.15) is 0 Å². The molecular formula is C25H48N2. The number of allylic oxidation sites excluding steroid dienone is 1. The largest absolute Gasteiger partial charge is 0.326 e. The Morgan fingerprint density at radius 2 is 1.48 bits per heavy atom. The van der Waals surface area contributed by atoms with Gasteiger partial charge in [0.25, 0.3) is 0 Å². The molecule has 158 valence electrons. The lowest BCUT2D eigenvalue weighted by molar-refractivity contribution is 0.341. The minimum Gasteiger partial charge on any atom is -0.326 e. The van der Waals surface area contributed by atoms with Gasteiger partial charge in [-0.3, -0.25) is 0 Å². The molecule has 0 aromatic heterocycles. The molecule has 0 rings (SSSR count). The summed E-state index contributed by atoms with van der Waals surface area (Å²) in [5.41, 5.74) is 8.70. The molecule has 0 amide bonds. The molecule has 0 aromatic carbocycles. The molecule has 0 aliphatic rings. The van der Waals surface area contributed by atoms with Gasteiger partial charge in [0, 0.05) is 6.04 Å². The molecule has 0 heterocycles. The summed E-state index contributed by atoms with van der Waals surface area (Å²) in [6.45, 7) is 18.1. The minimum absolute atomic E-state index is 0.0286. The molecular weight excluding hydrogens is 328 g/mol. The third-order valence-electron chi connectivity index (χ3n) is 5.92. The highest BCUT2D eigenvalue weighted by Crippen LogP contribution is 2.31. The summed E-state index contributed by atoms with van der Waals surface area (Å²) in [7, 11) is 0. The van der Waals surface area contributed by atoms with Crippen LogP contribution in [0.15, 0.2) is 36.5 Å². The summed E-state index contributed by atoms with van der Waals surface area (Å²) in [6, 6.07) is 0.0286. The Morgan fingerprint density at radius 1 is 0.963 bits per heavy atom. The predicted molar refractivity (Wildman–Crippen MR) is 124 cm³/mol. The molecule has 0 spiro atoms. The monoisotopic (exact) mass is 376 g/mol. The maximum Gasteiger partial charge on any atom is 0.0794 e. The van der Waals surface area contributed by atoms with Crippen molar-refractivity contribution in [2.24, 2.45) is 5.73 Å². The number of hydrogen-bond donors (Lipinski definition) is 2. The van der Waals surface area contributed by atoms with E-state index >= 15 is 0 Å². The first-order chi connectivity index (χ1) is 13.0. The summed E-state index contributed by atoms with van der Waals surface area (Å²) in [4.78, 5) is 0. The maximum atomic E-state index is 6.79. The SMILES string of the molecule is C=CC(=C)C(NCCCCCCCC)(/C(C)=C/C)C(N)CCCCCCC. The first kappa shape index (κ1) is 26.1. The molecule has 2 heteroatoms. The second-order valence-electron chi connectivity index (χ2n) is 8.01. The van der Waals surface area contributed by atoms with E-state index in [4.69, 9.17) is 5.73 Å². The van der Waals surface area contributed by atoms with E-state index in [1.165, 1.54) is 76.2 Å². The number of nitrogens with two attached hydrogens (primary N) is 1. The van der Waals surface area contributed by atoms with Gasteiger partial charge < -0.3 is 11.1 Å². The molecule has 0 aromatic rings. The summed E-state index contributed by atoms with van der Waals surface area (Å²) < 4.78 is 0. The average molecular weight is 377 g/mol. The average Bonchev–Trinajstić information content (AvgIpc) is 2.68. The van der Waals surface area contributed by atoms with E-state index in [0.29, 0.717) is 0 Å². The summed E-state index contributed by atoms with van der Waals surface area (Å²) in [5.74, 6) is 0. The summed E-state index contributed by atoms with van der Waals surface area (Å²) in [6.07, 6.45) is 19.3. The molecule has 2 nitrogen and oxygen atoms in total. The van der Waals surface area contributed by atoms with Crippen LogP contribution in [0, 0.1) is 0 Å². The second-order valence-corrected chi connectivity index (χ2v) is 8.01. The lowest BCUT2D eigenvalue weighted by atomic mass is 9.75. The second kappa shape index (κ2) is 16.1. The van der Waals surface area contributed by atoms with Crippen LogP contribution in [0.2, 0.25) is 0 Å². The number of unbranched alkanes of at least 4 members (excludes halogenated alkanes) is 9. The zero-order valence-electron chi connectivity index (χ0n) is 18.9. The van der Waals surface area contributed by atoms with Gasteiger partial charge >= 0.3 is 0 Å². The van der Waals surface area contributed by atoms with Crippen molar-refractivity contribution >= 4 is 0 Å². The molecule has 27 heavy (non-hydrogen) atoms. The van der Waals surface area contributed by atoms with Gasteiger partial charge in [-0.1, -0.05) is 109 Å². The van der Waals surface area contributed by atoms with E-state index < -0.39 is 0 Å². The molecule has 3 N–H and O–H groups in total. The molecule has 0 saturated carbocycles. The van der Waals surface area contributed by atoms with Crippen LogP contribution in [0.4, 0.5) is 0 Å². The fourth-order valence-electron chi connectivity index (χ4n) is 3.93. The zero-order valence-corrected chi connectivity index (χ0v) is 18.9. The Labute approximate surface area is 170 Å². The number of rotatable bonds is 18. The first-order valence-electron chi connectivity index (χ1n) is 11.5. The third kappa shape index (κ3) is 9.25. The van der Waals surface area contributed by atoms with Crippen LogP contribution in [0.25, 0.3) is 0 Å². The van der Waals surface area contributed by atoms with Crippen molar-refractivity contribution in [3.63, 3.8) is 0 Å². The van der Waals surface area contributed by atoms with Crippen LogP contribution < -0.4 is 11.1 Å². The molecule has 0 aliphatic carbocycles. The summed E-state index contributed by atoms with van der Waals surface area (Å²) >= 11 is 0. The van der Waals surface area contributed by atoms with Crippen LogP contribution in [0.5, 0.6) is 0 Å². The van der Waals surface area contributed by atoms with Crippen molar-refractivity contribution in [3.05, 3.63) is 36.5 Å². The smallest absolute Gasteiger partial charge is 0.0794 e. The van der Waals surface area contributed by atoms with E-state index in [-0.39, 0.29) is 11.6 Å². The maximum absolute atomic E-state index is 6.79. The topological polar surface area (TPSA) is 38.0 Å². The Morgan fingerprint density at radius 3 is 2.00 bits per heavy atom. The van der Waals surface area contributed by atoms with Gasteiger partial charge in [0.2, 0.25) is 0 Å². The van der Waals surface area contributed by atoms with E-state index in [1.807, 2.05) is 6.08 Å². The van der Waals surface area contributed by atoms with Gasteiger partial charge in [-0.15, -0.1) is 0 Å². The number of hydrogen-bond acceptors (Lipinski definition) is 2. The number of nitrogens with one attached hydrogen (secondary N) is 1. The standard InChI is InChI=1S/C25H48N2/c1-7-11-13-15-17-19-21-27-25(22(5)9-3,23(6)10-4)24(26)20-18-16-14-12-8-2/h9-10,24,27H,3,5,7-8,11-21,26H2,1-2,4,6H3/b23-10+. The van der Waals surface area contributed by atoms with E-state index in [0.717, 1.165) is 18.5 Å². The minimum atomic E-state index is -0.356. The normalized spacial score (nSPS) is 15.4. The predicted octanol–water partition coefficient (Wildman–Crippen LogP) is 7.07. The van der Waals surface area contributed by atoms with E-state index in [2.05, 4.69) is 52.2 Å². The van der Waals surface area contributed by atoms with Crippen LogP contribution in [-0.4, -0.2) is 18.1 Å². The molecule has 0 radical (unpaired) electrons. The lowest BCUT2D eigenvalue weighted by Crippen LogP contribution is -2.60. The molecule has 2 atom stereocenters. The van der Waals surface area contributed by atoms with Crippen LogP contribution in [-0.2, 0) is 0 Å². The molecule has 0 aliphatic heterocycles. The van der Waals surface area contributed by atoms with Crippen LogP contribution in [0.1, 0.15) is 105 Å². The highest BCUT2D eigenvalue weighted by Gasteiger charge is 2.38. The fourth-order valence-corrected chi connectivity index (χ4v) is 3.93. The Kier molecular flexibility index (Phi) is 15.6. The van der Waals surface area contributed by atoms with Gasteiger partial charge in [-0.05, 0) is 38.8 Å². The third-order valence-corrected chi connectivity index (χ3v) is 5.92. The van der Waals surface area contributed by atoms with Crippen LogP contribution >= 0.6 is 0 Å². The quantitative estimate of drug-likeness (QED) is 0.152. The Balaban J connectivity index is 4.92. The summed E-state index contributed by atoms with van der Waals surface area (Å²) in [5, 5.41) is 3.81. The van der Waals surface area contributed by atoms with Crippen molar-refractivity contribution in [1.82, 2.24) is 5.32 Å². The Bertz CT molecular complexity index is 420. The molecule has 0 bridgehead atoms. The van der Waals surface area contributed by atoms with Crippen molar-refractivity contribution in [2.45, 2.75) is 116 Å². The van der Waals surface area contributed by atoms with E-state index in [9.17, 15) is 0 Å². The first-order valence-corrected chi connectivity index (χ1v) is 11.5. The highest BCUT2D eigenvalue weighted by atomic mass is 15.0. The van der Waals surface area contributed by atoms with Gasteiger partial charge in [-0.25, -0.2) is 0 Å². The fraction of sp³-hybridized carbons (Fsp3) is 0.760. The molecule has 0 fully saturated rings. The lowest BCUT2D eigenvalue weighted by Gasteiger charge is -2.42. The van der Waals surface area contributed by atoms with Crippen LogP contribution in [0.3, 0.4) is 0 Å². The van der Waals surface area contributed by atoms with Gasteiger partial charge in [0.05, 0.1) is 5.54 Å². The molecule has 0 saturated heterocycles. The van der Waals surface area contributed by atoms with Crippen molar-refractivity contribution < 1.29 is 0 Å². The highest BCUT2D eigenvalue weighted by molar-refractivity contribution is 5.41. The van der Waals surface area contributed by atoms with Crippen molar-refractivity contribution in [1.29, 1.82) is 0 Å². The van der Waals surface area contributed by atoms with Gasteiger partial charge in [0.15, 0.2) is 0 Å².